The highest BCUT2D eigenvalue weighted by Crippen LogP contribution is 2.02. The van der Waals surface area contributed by atoms with Crippen LogP contribution in [0.25, 0.3) is 0 Å². The van der Waals surface area contributed by atoms with E-state index in [1.807, 2.05) is 30.3 Å². The van der Waals surface area contributed by atoms with Gasteiger partial charge in [0.15, 0.2) is 0 Å². The van der Waals surface area contributed by atoms with Crippen molar-refractivity contribution in [2.45, 2.75) is 31.7 Å². The molecule has 1 rings (SSSR count). The molecular weight excluding hydrogens is 244 g/mol. The highest BCUT2D eigenvalue weighted by atomic mass is 16.4. The average Bonchev–Trinajstić information content (AvgIpc) is 2.38. The molecule has 0 aliphatic carbocycles. The number of nitrogens with two attached hydrogens (primary N) is 1. The maximum Gasteiger partial charge on any atom is 0.303 e. The Kier molecular flexibility index (Phi) is 6.60. The van der Waals surface area contributed by atoms with Crippen LogP contribution in [0.3, 0.4) is 0 Å². The monoisotopic (exact) mass is 264 g/mol. The van der Waals surface area contributed by atoms with Crippen LogP contribution >= 0.6 is 0 Å². The molecule has 0 saturated heterocycles. The molecule has 5 nitrogen and oxygen atoms in total. The predicted octanol–water partition coefficient (Wildman–Crippen LogP) is 0.927. The minimum atomic E-state index is -0.813. The Bertz CT molecular complexity index is 406. The van der Waals surface area contributed by atoms with Gasteiger partial charge in [-0.15, -0.1) is 0 Å². The van der Waals surface area contributed by atoms with Gasteiger partial charge in [-0.25, -0.2) is 0 Å². The van der Waals surface area contributed by atoms with Gasteiger partial charge in [0, 0.05) is 13.0 Å². The van der Waals surface area contributed by atoms with Crippen molar-refractivity contribution >= 4 is 11.9 Å². The van der Waals surface area contributed by atoms with Crippen molar-refractivity contribution in [2.24, 2.45) is 5.73 Å². The molecule has 0 aromatic heterocycles. The fourth-order valence-electron chi connectivity index (χ4n) is 1.70. The highest BCUT2D eigenvalue weighted by molar-refractivity contribution is 5.81. The zero-order chi connectivity index (χ0) is 14.1. The van der Waals surface area contributed by atoms with Gasteiger partial charge in [-0.2, -0.15) is 0 Å². The molecule has 19 heavy (non-hydrogen) atoms. The lowest BCUT2D eigenvalue weighted by molar-refractivity contribution is -0.137. The Morgan fingerprint density at radius 3 is 2.53 bits per heavy atom. The van der Waals surface area contributed by atoms with Crippen LogP contribution in [0, 0.1) is 0 Å². The molecule has 5 heteroatoms. The quantitative estimate of drug-likeness (QED) is 0.609. The molecule has 1 atom stereocenters. The van der Waals surface area contributed by atoms with Crippen LogP contribution in [0.5, 0.6) is 0 Å². The topological polar surface area (TPSA) is 92.4 Å². The molecule has 4 N–H and O–H groups in total. The van der Waals surface area contributed by atoms with Crippen LogP contribution in [0.4, 0.5) is 0 Å². The first-order valence-electron chi connectivity index (χ1n) is 6.38. The van der Waals surface area contributed by atoms with Crippen LogP contribution in [0.2, 0.25) is 0 Å². The molecule has 1 aromatic rings. The van der Waals surface area contributed by atoms with Crippen molar-refractivity contribution in [2.75, 3.05) is 6.54 Å². The maximum absolute atomic E-state index is 11.7. The number of nitrogens with one attached hydrogen (secondary N) is 1. The van der Waals surface area contributed by atoms with E-state index >= 15 is 0 Å². The van der Waals surface area contributed by atoms with E-state index in [9.17, 15) is 9.59 Å². The number of carboxylic acids is 1. The number of unbranched alkanes of at least 4 members (excludes halogenated alkanes) is 1. The van der Waals surface area contributed by atoms with E-state index in [0.717, 1.165) is 5.56 Å². The van der Waals surface area contributed by atoms with E-state index in [1.165, 1.54) is 0 Å². The second kappa shape index (κ2) is 8.26. The molecule has 1 aromatic carbocycles. The fraction of sp³-hybridized carbons (Fsp3) is 0.429. The summed E-state index contributed by atoms with van der Waals surface area (Å²) in [6, 6.07) is 9.02. The molecule has 0 unspecified atom stereocenters. The van der Waals surface area contributed by atoms with E-state index in [-0.39, 0.29) is 12.3 Å². The zero-order valence-electron chi connectivity index (χ0n) is 10.8. The SMILES string of the molecule is N[C@H](Cc1ccccc1)C(=O)NCCCCC(=O)O. The molecule has 0 fully saturated rings. The second-order valence-corrected chi connectivity index (χ2v) is 4.44. The van der Waals surface area contributed by atoms with Gasteiger partial charge in [-0.05, 0) is 24.8 Å². The number of rotatable bonds is 8. The minimum Gasteiger partial charge on any atom is -0.481 e. The number of benzene rings is 1. The zero-order valence-corrected chi connectivity index (χ0v) is 10.8. The third kappa shape index (κ3) is 6.57. The van der Waals surface area contributed by atoms with Crippen molar-refractivity contribution in [3.8, 4) is 0 Å². The molecule has 104 valence electrons. The third-order valence-corrected chi connectivity index (χ3v) is 2.75. The van der Waals surface area contributed by atoms with E-state index in [4.69, 9.17) is 10.8 Å². The van der Waals surface area contributed by atoms with Crippen molar-refractivity contribution < 1.29 is 14.7 Å². The molecule has 0 radical (unpaired) electrons. The first-order valence-corrected chi connectivity index (χ1v) is 6.38. The van der Waals surface area contributed by atoms with E-state index in [1.54, 1.807) is 0 Å². The molecule has 0 spiro atoms. The number of carboxylic acid groups (broad SMARTS) is 1. The minimum absolute atomic E-state index is 0.131. The summed E-state index contributed by atoms with van der Waals surface area (Å²) in [5.74, 6) is -1.01. The molecule has 0 aliphatic heterocycles. The van der Waals surface area contributed by atoms with Crippen molar-refractivity contribution in [1.29, 1.82) is 0 Å². The number of hydrogen-bond acceptors (Lipinski definition) is 3. The van der Waals surface area contributed by atoms with E-state index < -0.39 is 12.0 Å². The number of hydrogen-bond donors (Lipinski definition) is 3. The van der Waals surface area contributed by atoms with Crippen LogP contribution in [-0.2, 0) is 16.0 Å². The van der Waals surface area contributed by atoms with Gasteiger partial charge in [0.05, 0.1) is 6.04 Å². The normalized spacial score (nSPS) is 11.8. The summed E-state index contributed by atoms with van der Waals surface area (Å²) in [6.45, 7) is 0.467. The number of aliphatic carboxylic acids is 1. The summed E-state index contributed by atoms with van der Waals surface area (Å²) in [4.78, 5) is 22.0. The summed E-state index contributed by atoms with van der Waals surface area (Å²) >= 11 is 0. The van der Waals surface area contributed by atoms with Gasteiger partial charge in [-0.1, -0.05) is 30.3 Å². The van der Waals surface area contributed by atoms with Crippen molar-refractivity contribution in [3.63, 3.8) is 0 Å². The molecule has 1 amide bonds. The fourth-order valence-corrected chi connectivity index (χ4v) is 1.70. The van der Waals surface area contributed by atoms with Crippen LogP contribution < -0.4 is 11.1 Å². The lowest BCUT2D eigenvalue weighted by Gasteiger charge is -2.12. The Labute approximate surface area is 112 Å². The standard InChI is InChI=1S/C14H20N2O3/c15-12(10-11-6-2-1-3-7-11)14(19)16-9-5-4-8-13(17)18/h1-3,6-7,12H,4-5,8-10,15H2,(H,16,19)(H,17,18)/t12-/m1/s1. The van der Waals surface area contributed by atoms with E-state index in [2.05, 4.69) is 5.32 Å². The summed E-state index contributed by atoms with van der Waals surface area (Å²) in [7, 11) is 0. The first-order chi connectivity index (χ1) is 9.09. The third-order valence-electron chi connectivity index (χ3n) is 2.75. The highest BCUT2D eigenvalue weighted by Gasteiger charge is 2.13. The van der Waals surface area contributed by atoms with Crippen molar-refractivity contribution in [1.82, 2.24) is 5.32 Å². The lowest BCUT2D eigenvalue weighted by atomic mass is 10.1. The molecule has 0 saturated carbocycles. The molecule has 0 aliphatic rings. The molecule has 0 bridgehead atoms. The Morgan fingerprint density at radius 1 is 1.21 bits per heavy atom. The summed E-state index contributed by atoms with van der Waals surface area (Å²) < 4.78 is 0. The second-order valence-electron chi connectivity index (χ2n) is 4.44. The van der Waals surface area contributed by atoms with Crippen LogP contribution in [0.1, 0.15) is 24.8 Å². The van der Waals surface area contributed by atoms with Gasteiger partial charge in [0.2, 0.25) is 5.91 Å². The Hall–Kier alpha value is -1.88. The summed E-state index contributed by atoms with van der Waals surface area (Å²) in [6.07, 6.45) is 1.84. The van der Waals surface area contributed by atoms with Crippen LogP contribution in [0.15, 0.2) is 30.3 Å². The number of carbonyl (C=O) groups is 2. The lowest BCUT2D eigenvalue weighted by Crippen LogP contribution is -2.42. The number of amides is 1. The van der Waals surface area contributed by atoms with Gasteiger partial charge in [-0.3, -0.25) is 9.59 Å². The van der Waals surface area contributed by atoms with Gasteiger partial charge in [0.1, 0.15) is 0 Å². The smallest absolute Gasteiger partial charge is 0.303 e. The Morgan fingerprint density at radius 2 is 1.89 bits per heavy atom. The van der Waals surface area contributed by atoms with Gasteiger partial charge in [0.25, 0.3) is 0 Å². The van der Waals surface area contributed by atoms with Gasteiger partial charge >= 0.3 is 5.97 Å². The largest absolute Gasteiger partial charge is 0.481 e. The first kappa shape index (κ1) is 15.2. The number of carbonyl (C=O) groups excluding carboxylic acids is 1. The maximum atomic E-state index is 11.7. The average molecular weight is 264 g/mol. The van der Waals surface area contributed by atoms with Crippen LogP contribution in [-0.4, -0.2) is 29.6 Å². The van der Waals surface area contributed by atoms with Crippen molar-refractivity contribution in [3.05, 3.63) is 35.9 Å². The Balaban J connectivity index is 2.20. The van der Waals surface area contributed by atoms with E-state index in [0.29, 0.717) is 25.8 Å². The summed E-state index contributed by atoms with van der Waals surface area (Å²) in [5.41, 5.74) is 6.83. The van der Waals surface area contributed by atoms with Gasteiger partial charge < -0.3 is 16.2 Å². The predicted molar refractivity (Wildman–Crippen MR) is 72.6 cm³/mol. The summed E-state index contributed by atoms with van der Waals surface area (Å²) in [5, 5.41) is 11.2. The molecule has 0 heterocycles. The molecular formula is C14H20N2O3.